The molecule has 0 radical (unpaired) electrons. The molecule has 0 aliphatic carbocycles. The first-order valence-electron chi connectivity index (χ1n) is 6.76. The van der Waals surface area contributed by atoms with Gasteiger partial charge in [0, 0.05) is 18.7 Å². The van der Waals surface area contributed by atoms with Crippen molar-refractivity contribution in [1.29, 1.82) is 0 Å². The Hall–Kier alpha value is -2.31. The number of halogens is 3. The number of amides is 1. The van der Waals surface area contributed by atoms with E-state index in [2.05, 4.69) is 5.10 Å². The Labute approximate surface area is 125 Å². The summed E-state index contributed by atoms with van der Waals surface area (Å²) in [5.74, 6) is -0.536. The van der Waals surface area contributed by atoms with E-state index in [0.717, 1.165) is 11.6 Å². The van der Waals surface area contributed by atoms with E-state index in [1.165, 1.54) is 4.90 Å². The Bertz CT molecular complexity index is 635. The van der Waals surface area contributed by atoms with Crippen LogP contribution in [0.25, 0.3) is 0 Å². The molecule has 0 fully saturated rings. The van der Waals surface area contributed by atoms with Crippen LogP contribution in [-0.4, -0.2) is 27.0 Å². The van der Waals surface area contributed by atoms with E-state index >= 15 is 0 Å². The quantitative estimate of drug-likeness (QED) is 0.940. The third kappa shape index (κ3) is 3.66. The summed E-state index contributed by atoms with van der Waals surface area (Å²) < 4.78 is 37.7. The summed E-state index contributed by atoms with van der Waals surface area (Å²) in [5.41, 5.74) is -0.368. The van der Waals surface area contributed by atoms with Gasteiger partial charge in [0.2, 0.25) is 0 Å². The van der Waals surface area contributed by atoms with Gasteiger partial charge in [-0.1, -0.05) is 30.3 Å². The van der Waals surface area contributed by atoms with Crippen LogP contribution in [0.3, 0.4) is 0 Å². The van der Waals surface area contributed by atoms with Crippen molar-refractivity contribution < 1.29 is 18.0 Å². The third-order valence-corrected chi connectivity index (χ3v) is 3.18. The number of H-pyrrole nitrogens is 1. The zero-order chi connectivity index (χ0) is 16.3. The Morgan fingerprint density at radius 1 is 1.27 bits per heavy atom. The second-order valence-electron chi connectivity index (χ2n) is 5.18. The van der Waals surface area contributed by atoms with Gasteiger partial charge in [-0.15, -0.1) is 0 Å². The fourth-order valence-corrected chi connectivity index (χ4v) is 1.99. The molecule has 0 aliphatic rings. The van der Waals surface area contributed by atoms with Gasteiger partial charge in [0.25, 0.3) is 5.91 Å². The van der Waals surface area contributed by atoms with Crippen LogP contribution in [0, 0.1) is 0 Å². The minimum Gasteiger partial charge on any atom is -0.331 e. The zero-order valence-corrected chi connectivity index (χ0v) is 12.2. The van der Waals surface area contributed by atoms with Crippen LogP contribution in [0.2, 0.25) is 0 Å². The van der Waals surface area contributed by atoms with Gasteiger partial charge in [0.1, 0.15) is 5.69 Å². The van der Waals surface area contributed by atoms with Gasteiger partial charge in [-0.05, 0) is 19.4 Å². The summed E-state index contributed by atoms with van der Waals surface area (Å²) in [6.45, 7) is 3.92. The molecule has 0 unspecified atom stereocenters. The second-order valence-corrected chi connectivity index (χ2v) is 5.18. The number of carbonyl (C=O) groups is 1. The van der Waals surface area contributed by atoms with E-state index in [-0.39, 0.29) is 11.7 Å². The van der Waals surface area contributed by atoms with Crippen molar-refractivity contribution in [3.8, 4) is 0 Å². The second kappa shape index (κ2) is 6.21. The number of carbonyl (C=O) groups excluding carboxylic acids is 1. The molecule has 1 heterocycles. The number of hydrogen-bond acceptors (Lipinski definition) is 2. The molecule has 0 saturated heterocycles. The maximum atomic E-state index is 12.6. The van der Waals surface area contributed by atoms with Gasteiger partial charge < -0.3 is 4.90 Å². The lowest BCUT2D eigenvalue weighted by atomic mass is 10.1. The molecule has 7 heteroatoms. The van der Waals surface area contributed by atoms with E-state index < -0.39 is 17.8 Å². The number of alkyl halides is 3. The minimum atomic E-state index is -4.55. The molecule has 0 bridgehead atoms. The Morgan fingerprint density at radius 3 is 2.41 bits per heavy atom. The number of benzene rings is 1. The summed E-state index contributed by atoms with van der Waals surface area (Å²) in [4.78, 5) is 13.9. The number of aromatic amines is 1. The predicted octanol–water partition coefficient (Wildman–Crippen LogP) is 3.48. The Balaban J connectivity index is 2.21. The summed E-state index contributed by atoms with van der Waals surface area (Å²) >= 11 is 0. The standard InChI is InChI=1S/C15H16F3N3O/c1-10(2)21(9-11-6-4-3-5-7-11)14(22)12-8-13(20-19-12)15(16,17)18/h3-8,10H,9H2,1-2H3,(H,19,20). The lowest BCUT2D eigenvalue weighted by molar-refractivity contribution is -0.141. The van der Waals surface area contributed by atoms with Crippen molar-refractivity contribution in [2.75, 3.05) is 0 Å². The number of rotatable bonds is 4. The summed E-state index contributed by atoms with van der Waals surface area (Å²) in [6, 6.07) is 9.82. The molecule has 22 heavy (non-hydrogen) atoms. The van der Waals surface area contributed by atoms with Crippen LogP contribution in [0.5, 0.6) is 0 Å². The van der Waals surface area contributed by atoms with Gasteiger partial charge in [-0.25, -0.2) is 0 Å². The summed E-state index contributed by atoms with van der Waals surface area (Å²) in [7, 11) is 0. The Morgan fingerprint density at radius 2 is 1.91 bits per heavy atom. The smallest absolute Gasteiger partial charge is 0.331 e. The highest BCUT2D eigenvalue weighted by Gasteiger charge is 2.34. The number of aromatic nitrogens is 2. The van der Waals surface area contributed by atoms with Gasteiger partial charge in [0.05, 0.1) is 0 Å². The average molecular weight is 311 g/mol. The fourth-order valence-electron chi connectivity index (χ4n) is 1.99. The van der Waals surface area contributed by atoms with Crippen LogP contribution < -0.4 is 0 Å². The van der Waals surface area contributed by atoms with Crippen molar-refractivity contribution in [2.45, 2.75) is 32.6 Å². The molecule has 118 valence electrons. The van der Waals surface area contributed by atoms with Crippen molar-refractivity contribution >= 4 is 5.91 Å². The minimum absolute atomic E-state index is 0.168. The molecule has 4 nitrogen and oxygen atoms in total. The van der Waals surface area contributed by atoms with E-state index in [0.29, 0.717) is 6.54 Å². The molecular formula is C15H16F3N3O. The van der Waals surface area contributed by atoms with Gasteiger partial charge in [-0.2, -0.15) is 18.3 Å². The molecule has 2 rings (SSSR count). The highest BCUT2D eigenvalue weighted by molar-refractivity contribution is 5.92. The van der Waals surface area contributed by atoms with Crippen LogP contribution in [0.15, 0.2) is 36.4 Å². The molecule has 1 N–H and O–H groups in total. The van der Waals surface area contributed by atoms with E-state index in [1.54, 1.807) is 13.8 Å². The maximum Gasteiger partial charge on any atom is 0.432 e. The topological polar surface area (TPSA) is 49.0 Å². The third-order valence-electron chi connectivity index (χ3n) is 3.18. The first-order valence-corrected chi connectivity index (χ1v) is 6.76. The van der Waals surface area contributed by atoms with Crippen molar-refractivity contribution in [3.63, 3.8) is 0 Å². The zero-order valence-electron chi connectivity index (χ0n) is 12.2. The highest BCUT2D eigenvalue weighted by atomic mass is 19.4. The predicted molar refractivity (Wildman–Crippen MR) is 75.0 cm³/mol. The molecule has 2 aromatic rings. The summed E-state index contributed by atoms with van der Waals surface area (Å²) in [5, 5.41) is 5.35. The van der Waals surface area contributed by atoms with Crippen LogP contribution in [-0.2, 0) is 12.7 Å². The van der Waals surface area contributed by atoms with Crippen LogP contribution >= 0.6 is 0 Å². The molecule has 0 saturated carbocycles. The molecule has 1 aromatic carbocycles. The highest BCUT2D eigenvalue weighted by Crippen LogP contribution is 2.28. The van der Waals surface area contributed by atoms with Gasteiger partial charge in [-0.3, -0.25) is 9.89 Å². The van der Waals surface area contributed by atoms with Crippen LogP contribution in [0.4, 0.5) is 13.2 Å². The Kier molecular flexibility index (Phi) is 4.54. The van der Waals surface area contributed by atoms with E-state index in [9.17, 15) is 18.0 Å². The first kappa shape index (κ1) is 16.1. The molecular weight excluding hydrogens is 295 g/mol. The summed E-state index contributed by atoms with van der Waals surface area (Å²) in [6.07, 6.45) is -4.55. The largest absolute Gasteiger partial charge is 0.432 e. The SMILES string of the molecule is CC(C)N(Cc1ccccc1)C(=O)c1cc(C(F)(F)F)[nH]n1. The maximum absolute atomic E-state index is 12.6. The number of nitrogens with one attached hydrogen (secondary N) is 1. The molecule has 1 aromatic heterocycles. The van der Waals surface area contributed by atoms with Gasteiger partial charge >= 0.3 is 6.18 Å². The molecule has 0 aliphatic heterocycles. The molecule has 0 spiro atoms. The van der Waals surface area contributed by atoms with Crippen molar-refractivity contribution in [1.82, 2.24) is 15.1 Å². The lowest BCUT2D eigenvalue weighted by Gasteiger charge is -2.26. The van der Waals surface area contributed by atoms with E-state index in [1.807, 2.05) is 35.4 Å². The molecule has 1 amide bonds. The average Bonchev–Trinajstić information content (AvgIpc) is 2.94. The van der Waals surface area contributed by atoms with Crippen molar-refractivity contribution in [3.05, 3.63) is 53.3 Å². The van der Waals surface area contributed by atoms with Crippen molar-refractivity contribution in [2.24, 2.45) is 0 Å². The number of nitrogens with zero attached hydrogens (tertiary/aromatic N) is 2. The number of hydrogen-bond donors (Lipinski definition) is 1. The monoisotopic (exact) mass is 311 g/mol. The van der Waals surface area contributed by atoms with E-state index in [4.69, 9.17) is 0 Å². The lowest BCUT2D eigenvalue weighted by Crippen LogP contribution is -2.36. The van der Waals surface area contributed by atoms with Crippen LogP contribution in [0.1, 0.15) is 35.6 Å². The molecule has 0 atom stereocenters. The van der Waals surface area contributed by atoms with Gasteiger partial charge in [0.15, 0.2) is 5.69 Å². The fraction of sp³-hybridized carbons (Fsp3) is 0.333. The first-order chi connectivity index (χ1) is 10.3. The normalized spacial score (nSPS) is 11.7.